The molecule has 0 aliphatic carbocycles. The highest BCUT2D eigenvalue weighted by molar-refractivity contribution is 7.99. The Hall–Kier alpha value is -1.67. The Morgan fingerprint density at radius 3 is 3.00 bits per heavy atom. The Morgan fingerprint density at radius 2 is 2.23 bits per heavy atom. The van der Waals surface area contributed by atoms with E-state index in [-0.39, 0.29) is 5.91 Å². The van der Waals surface area contributed by atoms with Gasteiger partial charge in [0.2, 0.25) is 5.91 Å². The molecule has 0 saturated carbocycles. The first kappa shape index (κ1) is 15.2. The fourth-order valence-electron chi connectivity index (χ4n) is 2.43. The average Bonchev–Trinajstić information content (AvgIpc) is 3.22. The maximum atomic E-state index is 11.9. The third-order valence-electron chi connectivity index (χ3n) is 3.45. The lowest BCUT2D eigenvalue weighted by Gasteiger charge is -2.24. The molecule has 22 heavy (non-hydrogen) atoms. The number of carbonyl (C=O) groups excluding carboxylic acids is 1. The molecule has 6 nitrogen and oxygen atoms in total. The zero-order valence-corrected chi connectivity index (χ0v) is 13.6. The van der Waals surface area contributed by atoms with Crippen LogP contribution in [0.1, 0.15) is 12.8 Å². The number of thiazole rings is 1. The van der Waals surface area contributed by atoms with E-state index in [2.05, 4.69) is 25.2 Å². The van der Waals surface area contributed by atoms with Crippen LogP contribution in [-0.2, 0) is 4.79 Å². The van der Waals surface area contributed by atoms with Gasteiger partial charge in [0.05, 0.1) is 5.75 Å². The quantitative estimate of drug-likeness (QED) is 0.641. The van der Waals surface area contributed by atoms with E-state index in [0.717, 1.165) is 24.5 Å². The third kappa shape index (κ3) is 3.95. The molecule has 116 valence electrons. The Balaban J connectivity index is 1.44. The predicted octanol–water partition coefficient (Wildman–Crippen LogP) is 1.81. The monoisotopic (exact) mass is 335 g/mol. The van der Waals surface area contributed by atoms with Crippen LogP contribution in [0.3, 0.4) is 0 Å². The van der Waals surface area contributed by atoms with E-state index in [1.165, 1.54) is 11.8 Å². The molecule has 1 N–H and O–H groups in total. The number of nitrogens with one attached hydrogen (secondary N) is 1. The summed E-state index contributed by atoms with van der Waals surface area (Å²) in [6.45, 7) is 1.68. The minimum Gasteiger partial charge on any atom is -0.353 e. The molecule has 1 fully saturated rings. The Morgan fingerprint density at radius 1 is 1.36 bits per heavy atom. The SMILES string of the molecule is O=C(CSc1ncccn1)NCC1CCCN1c1nccs1. The second-order valence-corrected chi connectivity index (χ2v) is 6.74. The first-order valence-corrected chi connectivity index (χ1v) is 9.02. The number of aromatic nitrogens is 3. The van der Waals surface area contributed by atoms with E-state index in [1.54, 1.807) is 29.8 Å². The molecule has 0 radical (unpaired) electrons. The van der Waals surface area contributed by atoms with E-state index in [9.17, 15) is 4.79 Å². The molecule has 1 atom stereocenters. The summed E-state index contributed by atoms with van der Waals surface area (Å²) in [5.41, 5.74) is 0. The van der Waals surface area contributed by atoms with Gasteiger partial charge in [-0.25, -0.2) is 15.0 Å². The number of hydrogen-bond acceptors (Lipinski definition) is 7. The molecule has 1 amide bonds. The molecule has 2 aromatic rings. The van der Waals surface area contributed by atoms with Crippen LogP contribution >= 0.6 is 23.1 Å². The van der Waals surface area contributed by atoms with Crippen LogP contribution in [-0.4, -0.2) is 45.7 Å². The zero-order chi connectivity index (χ0) is 15.2. The summed E-state index contributed by atoms with van der Waals surface area (Å²) in [5, 5.41) is 6.67. The maximum Gasteiger partial charge on any atom is 0.230 e. The lowest BCUT2D eigenvalue weighted by Crippen LogP contribution is -2.40. The fraction of sp³-hybridized carbons (Fsp3) is 0.429. The largest absolute Gasteiger partial charge is 0.353 e. The Bertz CT molecular complexity index is 593. The van der Waals surface area contributed by atoms with Gasteiger partial charge in [-0.3, -0.25) is 4.79 Å². The molecule has 1 saturated heterocycles. The van der Waals surface area contributed by atoms with Gasteiger partial charge >= 0.3 is 0 Å². The second-order valence-electron chi connectivity index (χ2n) is 4.93. The molecule has 1 aliphatic heterocycles. The molecule has 0 bridgehead atoms. The van der Waals surface area contributed by atoms with Crippen molar-refractivity contribution in [1.29, 1.82) is 0 Å². The van der Waals surface area contributed by atoms with Gasteiger partial charge in [0.25, 0.3) is 0 Å². The van der Waals surface area contributed by atoms with Crippen molar-refractivity contribution in [2.45, 2.75) is 24.0 Å². The first-order valence-electron chi connectivity index (χ1n) is 7.15. The lowest BCUT2D eigenvalue weighted by molar-refractivity contribution is -0.118. The molecular weight excluding hydrogens is 318 g/mol. The van der Waals surface area contributed by atoms with Crippen molar-refractivity contribution in [2.24, 2.45) is 0 Å². The van der Waals surface area contributed by atoms with Gasteiger partial charge in [0.15, 0.2) is 10.3 Å². The summed E-state index contributed by atoms with van der Waals surface area (Å²) in [6, 6.07) is 2.10. The summed E-state index contributed by atoms with van der Waals surface area (Å²) in [7, 11) is 0. The first-order chi connectivity index (χ1) is 10.8. The summed E-state index contributed by atoms with van der Waals surface area (Å²) in [6.07, 6.45) is 7.42. The molecule has 0 spiro atoms. The van der Waals surface area contributed by atoms with Crippen molar-refractivity contribution >= 4 is 34.1 Å². The average molecular weight is 335 g/mol. The smallest absolute Gasteiger partial charge is 0.230 e. The zero-order valence-electron chi connectivity index (χ0n) is 12.0. The van der Waals surface area contributed by atoms with Gasteiger partial charge in [0, 0.05) is 43.1 Å². The standard InChI is InChI=1S/C14H17N5OS2/c20-12(10-22-13-15-4-2-5-16-13)18-9-11-3-1-7-19(11)14-17-6-8-21-14/h2,4-6,8,11H,1,3,7,9-10H2,(H,18,20). The summed E-state index contributed by atoms with van der Waals surface area (Å²) < 4.78 is 0. The molecule has 0 aromatic carbocycles. The minimum absolute atomic E-state index is 0.0171. The highest BCUT2D eigenvalue weighted by atomic mass is 32.2. The summed E-state index contributed by atoms with van der Waals surface area (Å²) in [5.74, 6) is 0.358. The topological polar surface area (TPSA) is 71.0 Å². The van der Waals surface area contributed by atoms with Crippen molar-refractivity contribution in [3.63, 3.8) is 0 Å². The molecule has 3 heterocycles. The Kier molecular flexibility index (Phi) is 5.23. The number of anilines is 1. The lowest BCUT2D eigenvalue weighted by atomic mass is 10.2. The van der Waals surface area contributed by atoms with E-state index >= 15 is 0 Å². The van der Waals surface area contributed by atoms with Crippen LogP contribution < -0.4 is 10.2 Å². The number of hydrogen-bond donors (Lipinski definition) is 1. The molecular formula is C14H17N5OS2. The van der Waals surface area contributed by atoms with E-state index in [0.29, 0.717) is 23.5 Å². The van der Waals surface area contributed by atoms with Crippen LogP contribution in [0.2, 0.25) is 0 Å². The number of rotatable bonds is 6. The van der Waals surface area contributed by atoms with Crippen molar-refractivity contribution in [3.05, 3.63) is 30.0 Å². The molecule has 3 rings (SSSR count). The highest BCUT2D eigenvalue weighted by Gasteiger charge is 2.26. The van der Waals surface area contributed by atoms with E-state index in [1.807, 2.05) is 11.6 Å². The van der Waals surface area contributed by atoms with Crippen LogP contribution in [0, 0.1) is 0 Å². The van der Waals surface area contributed by atoms with Crippen LogP contribution in [0.25, 0.3) is 0 Å². The van der Waals surface area contributed by atoms with Crippen LogP contribution in [0.4, 0.5) is 5.13 Å². The van der Waals surface area contributed by atoms with Gasteiger partial charge in [-0.05, 0) is 18.9 Å². The maximum absolute atomic E-state index is 11.9. The number of amides is 1. The molecule has 8 heteroatoms. The van der Waals surface area contributed by atoms with Crippen LogP contribution in [0.5, 0.6) is 0 Å². The van der Waals surface area contributed by atoms with E-state index in [4.69, 9.17) is 0 Å². The van der Waals surface area contributed by atoms with Gasteiger partial charge in [0.1, 0.15) is 0 Å². The summed E-state index contributed by atoms with van der Waals surface area (Å²) in [4.78, 5) is 26.8. The minimum atomic E-state index is 0.0171. The van der Waals surface area contributed by atoms with Crippen molar-refractivity contribution in [2.75, 3.05) is 23.7 Å². The predicted molar refractivity (Wildman–Crippen MR) is 88.2 cm³/mol. The van der Waals surface area contributed by atoms with Gasteiger partial charge < -0.3 is 10.2 Å². The number of carbonyl (C=O) groups is 1. The molecule has 2 aromatic heterocycles. The number of nitrogens with zero attached hydrogens (tertiary/aromatic N) is 4. The molecule has 1 aliphatic rings. The van der Waals surface area contributed by atoms with Crippen molar-refractivity contribution in [1.82, 2.24) is 20.3 Å². The Labute approximate surface area is 137 Å². The van der Waals surface area contributed by atoms with Gasteiger partial charge in [-0.2, -0.15) is 0 Å². The molecule has 1 unspecified atom stereocenters. The fourth-order valence-corrected chi connectivity index (χ4v) is 3.80. The normalized spacial score (nSPS) is 17.6. The highest BCUT2D eigenvalue weighted by Crippen LogP contribution is 2.26. The van der Waals surface area contributed by atoms with Crippen molar-refractivity contribution in [3.8, 4) is 0 Å². The second kappa shape index (κ2) is 7.55. The number of thioether (sulfide) groups is 1. The van der Waals surface area contributed by atoms with E-state index < -0.39 is 0 Å². The van der Waals surface area contributed by atoms with Gasteiger partial charge in [-0.15, -0.1) is 11.3 Å². The van der Waals surface area contributed by atoms with Gasteiger partial charge in [-0.1, -0.05) is 11.8 Å². The van der Waals surface area contributed by atoms with Crippen molar-refractivity contribution < 1.29 is 4.79 Å². The third-order valence-corrected chi connectivity index (χ3v) is 5.14. The van der Waals surface area contributed by atoms with Crippen LogP contribution in [0.15, 0.2) is 35.2 Å². The summed E-state index contributed by atoms with van der Waals surface area (Å²) >= 11 is 3.00.